The SMILES string of the molecule is CCS(=O)(=O)N1C[C@@H]2CN(C(=O)c3ccncc3)C[C@]2(c2nc(C)no2)C1. The van der Waals surface area contributed by atoms with Gasteiger partial charge >= 0.3 is 0 Å². The standard InChI is InChI=1S/C17H21N5O4S/c1-3-27(24,25)22-9-14-8-21(15(23)13-4-6-18-7-5-13)10-17(14,11-22)16-19-12(2)20-26-16/h4-7,14H,3,8-11H2,1-2H3/t14-,17-/m0/s1. The second kappa shape index (κ2) is 6.38. The van der Waals surface area contributed by atoms with Crippen LogP contribution in [0.4, 0.5) is 0 Å². The number of carbonyl (C=O) groups is 1. The Kier molecular flexibility index (Phi) is 4.26. The normalized spacial score (nSPS) is 25.7. The summed E-state index contributed by atoms with van der Waals surface area (Å²) in [4.78, 5) is 23.0. The monoisotopic (exact) mass is 391 g/mol. The Labute approximate surface area is 157 Å². The second-order valence-electron chi connectivity index (χ2n) is 7.11. The number of hydrogen-bond donors (Lipinski definition) is 0. The maximum absolute atomic E-state index is 12.9. The van der Waals surface area contributed by atoms with Crippen LogP contribution in [0.15, 0.2) is 29.0 Å². The Morgan fingerprint density at radius 2 is 2.04 bits per heavy atom. The van der Waals surface area contributed by atoms with Crippen molar-refractivity contribution >= 4 is 15.9 Å². The molecule has 0 aromatic carbocycles. The van der Waals surface area contributed by atoms with Gasteiger partial charge in [0.15, 0.2) is 5.82 Å². The highest BCUT2D eigenvalue weighted by molar-refractivity contribution is 7.89. The first kappa shape index (κ1) is 18.1. The minimum atomic E-state index is -3.34. The Morgan fingerprint density at radius 1 is 1.30 bits per heavy atom. The molecule has 2 aromatic rings. The van der Waals surface area contributed by atoms with Gasteiger partial charge in [-0.3, -0.25) is 9.78 Å². The highest BCUT2D eigenvalue weighted by Crippen LogP contribution is 2.45. The topological polar surface area (TPSA) is 110 Å². The van der Waals surface area contributed by atoms with Crippen molar-refractivity contribution in [3.63, 3.8) is 0 Å². The predicted molar refractivity (Wildman–Crippen MR) is 95.4 cm³/mol. The molecule has 1 amide bonds. The number of carbonyl (C=O) groups excluding carboxylic acids is 1. The van der Waals surface area contributed by atoms with E-state index in [1.807, 2.05) is 0 Å². The van der Waals surface area contributed by atoms with Gasteiger partial charge in [-0.1, -0.05) is 5.16 Å². The Morgan fingerprint density at radius 3 is 2.67 bits per heavy atom. The molecule has 0 aliphatic carbocycles. The Hall–Kier alpha value is -2.33. The molecular weight excluding hydrogens is 370 g/mol. The van der Waals surface area contributed by atoms with Crippen LogP contribution in [0.2, 0.25) is 0 Å². The average molecular weight is 391 g/mol. The number of sulfonamides is 1. The number of pyridine rings is 1. The molecule has 0 bridgehead atoms. The molecule has 4 heterocycles. The highest BCUT2D eigenvalue weighted by atomic mass is 32.2. The molecule has 27 heavy (non-hydrogen) atoms. The summed E-state index contributed by atoms with van der Waals surface area (Å²) in [6.45, 7) is 4.73. The molecule has 2 saturated heterocycles. The number of aromatic nitrogens is 3. The summed E-state index contributed by atoms with van der Waals surface area (Å²) in [6, 6.07) is 3.35. The summed E-state index contributed by atoms with van der Waals surface area (Å²) in [6.07, 6.45) is 3.16. The number of nitrogens with zero attached hydrogens (tertiary/aromatic N) is 5. The van der Waals surface area contributed by atoms with Crippen molar-refractivity contribution in [3.05, 3.63) is 41.8 Å². The summed E-state index contributed by atoms with van der Waals surface area (Å²) in [5.74, 6) is 0.743. The summed E-state index contributed by atoms with van der Waals surface area (Å²) in [5, 5.41) is 3.89. The Balaban J connectivity index is 1.68. The molecular formula is C17H21N5O4S. The lowest BCUT2D eigenvalue weighted by molar-refractivity contribution is 0.0773. The van der Waals surface area contributed by atoms with E-state index in [4.69, 9.17) is 4.52 Å². The minimum Gasteiger partial charge on any atom is -0.339 e. The summed E-state index contributed by atoms with van der Waals surface area (Å²) in [7, 11) is -3.34. The van der Waals surface area contributed by atoms with E-state index in [0.717, 1.165) is 0 Å². The van der Waals surface area contributed by atoms with Gasteiger partial charge in [0, 0.05) is 50.1 Å². The molecule has 2 aliphatic rings. The van der Waals surface area contributed by atoms with Gasteiger partial charge in [-0.25, -0.2) is 12.7 Å². The zero-order valence-electron chi connectivity index (χ0n) is 15.2. The zero-order chi connectivity index (χ0) is 19.2. The van der Waals surface area contributed by atoms with E-state index in [2.05, 4.69) is 15.1 Å². The van der Waals surface area contributed by atoms with Crippen LogP contribution in [0, 0.1) is 12.8 Å². The first-order valence-electron chi connectivity index (χ1n) is 8.83. The lowest BCUT2D eigenvalue weighted by Crippen LogP contribution is -2.41. The third kappa shape index (κ3) is 2.92. The number of amides is 1. The minimum absolute atomic E-state index is 0.0400. The number of hydrogen-bond acceptors (Lipinski definition) is 7. The molecule has 0 unspecified atom stereocenters. The van der Waals surface area contributed by atoms with Gasteiger partial charge in [0.05, 0.1) is 11.2 Å². The van der Waals surface area contributed by atoms with E-state index >= 15 is 0 Å². The predicted octanol–water partition coefficient (Wildman–Crippen LogP) is 0.448. The quantitative estimate of drug-likeness (QED) is 0.744. The van der Waals surface area contributed by atoms with Crippen molar-refractivity contribution in [2.24, 2.45) is 5.92 Å². The van der Waals surface area contributed by atoms with Gasteiger partial charge < -0.3 is 9.42 Å². The van der Waals surface area contributed by atoms with Crippen molar-refractivity contribution < 1.29 is 17.7 Å². The molecule has 0 radical (unpaired) electrons. The van der Waals surface area contributed by atoms with E-state index in [1.165, 1.54) is 4.31 Å². The molecule has 2 aliphatic heterocycles. The van der Waals surface area contributed by atoms with Crippen LogP contribution in [0.1, 0.15) is 29.0 Å². The van der Waals surface area contributed by atoms with Crippen LogP contribution in [-0.4, -0.2) is 70.6 Å². The van der Waals surface area contributed by atoms with Crippen molar-refractivity contribution in [2.45, 2.75) is 19.3 Å². The fourth-order valence-electron chi connectivity index (χ4n) is 4.05. The summed E-state index contributed by atoms with van der Waals surface area (Å²) in [5.41, 5.74) is -0.119. The van der Waals surface area contributed by atoms with E-state index in [9.17, 15) is 13.2 Å². The molecule has 2 atom stereocenters. The maximum atomic E-state index is 12.9. The van der Waals surface area contributed by atoms with Gasteiger partial charge in [-0.2, -0.15) is 4.98 Å². The molecule has 144 valence electrons. The van der Waals surface area contributed by atoms with Gasteiger partial charge in [0.1, 0.15) is 0 Å². The second-order valence-corrected chi connectivity index (χ2v) is 9.37. The van der Waals surface area contributed by atoms with Crippen LogP contribution in [0.5, 0.6) is 0 Å². The summed E-state index contributed by atoms with van der Waals surface area (Å²) < 4.78 is 31.8. The van der Waals surface area contributed by atoms with Gasteiger partial charge in [0.2, 0.25) is 15.9 Å². The largest absolute Gasteiger partial charge is 0.339 e. The van der Waals surface area contributed by atoms with E-state index in [0.29, 0.717) is 36.9 Å². The molecule has 0 N–H and O–H groups in total. The van der Waals surface area contributed by atoms with Crippen molar-refractivity contribution in [1.82, 2.24) is 24.3 Å². The molecule has 0 spiro atoms. The molecule has 10 heteroatoms. The van der Waals surface area contributed by atoms with Crippen molar-refractivity contribution in [3.8, 4) is 0 Å². The molecule has 0 saturated carbocycles. The van der Waals surface area contributed by atoms with Crippen LogP contribution in [0.25, 0.3) is 0 Å². The summed E-state index contributed by atoms with van der Waals surface area (Å²) >= 11 is 0. The number of likely N-dealkylation sites (tertiary alicyclic amines) is 1. The first-order valence-corrected chi connectivity index (χ1v) is 10.4. The molecule has 2 fully saturated rings. The fraction of sp³-hybridized carbons (Fsp3) is 0.529. The third-order valence-corrected chi connectivity index (χ3v) is 7.30. The van der Waals surface area contributed by atoms with Crippen LogP contribution in [-0.2, 0) is 15.4 Å². The highest BCUT2D eigenvalue weighted by Gasteiger charge is 2.59. The average Bonchev–Trinajstić information content (AvgIpc) is 3.34. The number of aryl methyl sites for hydroxylation is 1. The molecule has 4 rings (SSSR count). The van der Waals surface area contributed by atoms with Gasteiger partial charge in [-0.05, 0) is 26.0 Å². The lowest BCUT2D eigenvalue weighted by Gasteiger charge is -2.25. The first-order chi connectivity index (χ1) is 12.9. The maximum Gasteiger partial charge on any atom is 0.254 e. The molecule has 9 nitrogen and oxygen atoms in total. The third-order valence-electron chi connectivity index (χ3n) is 5.50. The van der Waals surface area contributed by atoms with Gasteiger partial charge in [0.25, 0.3) is 5.91 Å². The van der Waals surface area contributed by atoms with Crippen molar-refractivity contribution in [1.29, 1.82) is 0 Å². The lowest BCUT2D eigenvalue weighted by atomic mass is 9.81. The number of fused-ring (bicyclic) bond motifs is 1. The van der Waals surface area contributed by atoms with Gasteiger partial charge in [-0.15, -0.1) is 0 Å². The van der Waals surface area contributed by atoms with Crippen LogP contribution in [0.3, 0.4) is 0 Å². The molecule has 2 aromatic heterocycles. The van der Waals surface area contributed by atoms with E-state index in [-0.39, 0.29) is 24.1 Å². The van der Waals surface area contributed by atoms with Crippen LogP contribution >= 0.6 is 0 Å². The Bertz CT molecular complexity index is 961. The van der Waals surface area contributed by atoms with E-state index < -0.39 is 15.4 Å². The van der Waals surface area contributed by atoms with E-state index in [1.54, 1.807) is 43.3 Å². The van der Waals surface area contributed by atoms with Crippen molar-refractivity contribution in [2.75, 3.05) is 31.9 Å². The van der Waals surface area contributed by atoms with Crippen LogP contribution < -0.4 is 0 Å². The smallest absolute Gasteiger partial charge is 0.254 e. The fourth-order valence-corrected chi connectivity index (χ4v) is 5.25. The number of rotatable bonds is 4. The zero-order valence-corrected chi connectivity index (χ0v) is 16.0.